The molecule has 0 amide bonds. The number of nitrogens with two attached hydrogens (primary N) is 1. The topological polar surface area (TPSA) is 26.0 Å². The number of thioether (sulfide) groups is 2. The second-order valence-electron chi connectivity index (χ2n) is 3.44. The summed E-state index contributed by atoms with van der Waals surface area (Å²) in [6.07, 6.45) is 3.95. The van der Waals surface area contributed by atoms with Gasteiger partial charge in [-0.1, -0.05) is 6.92 Å². The van der Waals surface area contributed by atoms with Crippen molar-refractivity contribution in [1.82, 2.24) is 0 Å². The zero-order valence-corrected chi connectivity index (χ0v) is 9.42. The van der Waals surface area contributed by atoms with Crippen LogP contribution in [-0.4, -0.2) is 22.6 Å². The Morgan fingerprint density at radius 3 is 2.67 bits per heavy atom. The molecule has 1 atom stereocenters. The van der Waals surface area contributed by atoms with E-state index in [0.717, 1.165) is 17.0 Å². The lowest BCUT2D eigenvalue weighted by molar-refractivity contribution is 0.520. The molecule has 0 aliphatic carbocycles. The fourth-order valence-electron chi connectivity index (χ4n) is 1.40. The standard InChI is InChI=1S/C9H19NS2/c1-8(3-4-10)7-9-11-5-2-6-12-9/h8-9H,2-7,10H2,1H3. The highest BCUT2D eigenvalue weighted by Crippen LogP contribution is 2.35. The van der Waals surface area contributed by atoms with Gasteiger partial charge in [-0.3, -0.25) is 0 Å². The van der Waals surface area contributed by atoms with Crippen molar-refractivity contribution in [3.63, 3.8) is 0 Å². The first kappa shape index (κ1) is 10.7. The van der Waals surface area contributed by atoms with Gasteiger partial charge in [-0.15, -0.1) is 23.5 Å². The lowest BCUT2D eigenvalue weighted by Crippen LogP contribution is -2.13. The molecular weight excluding hydrogens is 186 g/mol. The first-order chi connectivity index (χ1) is 5.83. The predicted octanol–water partition coefficient (Wildman–Crippen LogP) is 2.56. The second-order valence-corrected chi connectivity index (χ2v) is 6.36. The van der Waals surface area contributed by atoms with Crippen LogP contribution in [0.15, 0.2) is 0 Å². The summed E-state index contributed by atoms with van der Waals surface area (Å²) in [5, 5.41) is 0. The third kappa shape index (κ3) is 4.06. The van der Waals surface area contributed by atoms with Crippen molar-refractivity contribution < 1.29 is 0 Å². The van der Waals surface area contributed by atoms with Gasteiger partial charge in [-0.25, -0.2) is 0 Å². The summed E-state index contributed by atoms with van der Waals surface area (Å²) in [6.45, 7) is 3.17. The van der Waals surface area contributed by atoms with Crippen LogP contribution in [0, 0.1) is 5.92 Å². The van der Waals surface area contributed by atoms with Crippen LogP contribution in [0.4, 0.5) is 0 Å². The molecule has 0 spiro atoms. The molecule has 3 heteroatoms. The second kappa shape index (κ2) is 6.17. The Morgan fingerprint density at radius 2 is 2.08 bits per heavy atom. The molecule has 0 radical (unpaired) electrons. The van der Waals surface area contributed by atoms with Crippen LogP contribution in [0.25, 0.3) is 0 Å². The van der Waals surface area contributed by atoms with E-state index in [1.165, 1.54) is 30.8 Å². The van der Waals surface area contributed by atoms with Crippen molar-refractivity contribution in [2.24, 2.45) is 11.7 Å². The zero-order chi connectivity index (χ0) is 8.81. The normalized spacial score (nSPS) is 22.5. The molecule has 0 saturated carbocycles. The van der Waals surface area contributed by atoms with Crippen molar-refractivity contribution in [2.75, 3.05) is 18.1 Å². The van der Waals surface area contributed by atoms with E-state index in [0.29, 0.717) is 0 Å². The molecule has 1 aliphatic heterocycles. The maximum Gasteiger partial charge on any atom is 0.0505 e. The van der Waals surface area contributed by atoms with E-state index in [1.54, 1.807) is 0 Å². The fraction of sp³-hybridized carbons (Fsp3) is 1.00. The monoisotopic (exact) mass is 205 g/mol. The Labute approximate surface area is 84.2 Å². The molecule has 0 aromatic rings. The van der Waals surface area contributed by atoms with Crippen molar-refractivity contribution in [1.29, 1.82) is 0 Å². The molecule has 1 aliphatic rings. The van der Waals surface area contributed by atoms with E-state index in [-0.39, 0.29) is 0 Å². The molecule has 1 unspecified atom stereocenters. The van der Waals surface area contributed by atoms with Gasteiger partial charge in [0.05, 0.1) is 4.58 Å². The summed E-state index contributed by atoms with van der Waals surface area (Å²) in [5.74, 6) is 3.55. The van der Waals surface area contributed by atoms with Gasteiger partial charge >= 0.3 is 0 Å². The Kier molecular flexibility index (Phi) is 5.52. The molecular formula is C9H19NS2. The van der Waals surface area contributed by atoms with Crippen LogP contribution in [0.3, 0.4) is 0 Å². The molecule has 1 saturated heterocycles. The average Bonchev–Trinajstić information content (AvgIpc) is 2.06. The molecule has 12 heavy (non-hydrogen) atoms. The molecule has 1 fully saturated rings. The summed E-state index contributed by atoms with van der Waals surface area (Å²) in [4.78, 5) is 0. The summed E-state index contributed by atoms with van der Waals surface area (Å²) in [7, 11) is 0. The summed E-state index contributed by atoms with van der Waals surface area (Å²) >= 11 is 4.28. The minimum Gasteiger partial charge on any atom is -0.330 e. The lowest BCUT2D eigenvalue weighted by Gasteiger charge is -2.23. The highest BCUT2D eigenvalue weighted by atomic mass is 32.2. The van der Waals surface area contributed by atoms with Crippen molar-refractivity contribution in [2.45, 2.75) is 30.8 Å². The van der Waals surface area contributed by atoms with Crippen LogP contribution in [-0.2, 0) is 0 Å². The van der Waals surface area contributed by atoms with Gasteiger partial charge in [-0.05, 0) is 43.2 Å². The van der Waals surface area contributed by atoms with Gasteiger partial charge < -0.3 is 5.73 Å². The Hall–Kier alpha value is 0.660. The fourth-order valence-corrected chi connectivity index (χ4v) is 4.63. The lowest BCUT2D eigenvalue weighted by atomic mass is 10.1. The number of rotatable bonds is 4. The predicted molar refractivity (Wildman–Crippen MR) is 60.8 cm³/mol. The van der Waals surface area contributed by atoms with Gasteiger partial charge in [-0.2, -0.15) is 0 Å². The van der Waals surface area contributed by atoms with Gasteiger partial charge in [0, 0.05) is 0 Å². The van der Waals surface area contributed by atoms with E-state index < -0.39 is 0 Å². The van der Waals surface area contributed by atoms with E-state index in [9.17, 15) is 0 Å². The van der Waals surface area contributed by atoms with E-state index in [4.69, 9.17) is 5.73 Å². The molecule has 1 heterocycles. The SMILES string of the molecule is CC(CCN)CC1SCCCS1. The molecule has 2 N–H and O–H groups in total. The maximum absolute atomic E-state index is 5.52. The minimum atomic E-state index is 0.818. The van der Waals surface area contributed by atoms with Crippen molar-refractivity contribution in [3.05, 3.63) is 0 Å². The van der Waals surface area contributed by atoms with Crippen LogP contribution >= 0.6 is 23.5 Å². The van der Waals surface area contributed by atoms with Gasteiger partial charge in [0.15, 0.2) is 0 Å². The van der Waals surface area contributed by atoms with Crippen LogP contribution in [0.2, 0.25) is 0 Å². The first-order valence-corrected chi connectivity index (χ1v) is 6.86. The molecule has 0 aromatic heterocycles. The Balaban J connectivity index is 2.11. The summed E-state index contributed by atoms with van der Waals surface area (Å²) < 4.78 is 0.861. The molecule has 72 valence electrons. The zero-order valence-electron chi connectivity index (χ0n) is 7.79. The minimum absolute atomic E-state index is 0.818. The van der Waals surface area contributed by atoms with Crippen molar-refractivity contribution in [3.8, 4) is 0 Å². The summed E-state index contributed by atoms with van der Waals surface area (Å²) in [6, 6.07) is 0. The third-order valence-corrected chi connectivity index (χ3v) is 5.14. The van der Waals surface area contributed by atoms with E-state index in [2.05, 4.69) is 30.4 Å². The van der Waals surface area contributed by atoms with Crippen molar-refractivity contribution >= 4 is 23.5 Å². The van der Waals surface area contributed by atoms with Gasteiger partial charge in [0.2, 0.25) is 0 Å². The Morgan fingerprint density at radius 1 is 1.42 bits per heavy atom. The Bertz CT molecular complexity index is 113. The van der Waals surface area contributed by atoms with E-state index in [1.807, 2.05) is 0 Å². The molecule has 0 aromatic carbocycles. The van der Waals surface area contributed by atoms with E-state index >= 15 is 0 Å². The number of hydrogen-bond acceptors (Lipinski definition) is 3. The first-order valence-electron chi connectivity index (χ1n) is 4.76. The van der Waals surface area contributed by atoms with Crippen LogP contribution in [0.1, 0.15) is 26.2 Å². The van der Waals surface area contributed by atoms with Crippen LogP contribution in [0.5, 0.6) is 0 Å². The highest BCUT2D eigenvalue weighted by molar-refractivity contribution is 8.17. The number of hydrogen-bond donors (Lipinski definition) is 1. The van der Waals surface area contributed by atoms with Crippen LogP contribution < -0.4 is 5.73 Å². The summed E-state index contributed by atoms with van der Waals surface area (Å²) in [5.41, 5.74) is 5.52. The largest absolute Gasteiger partial charge is 0.330 e. The molecule has 0 bridgehead atoms. The third-order valence-electron chi connectivity index (χ3n) is 2.15. The van der Waals surface area contributed by atoms with Gasteiger partial charge in [0.25, 0.3) is 0 Å². The molecule has 1 nitrogen and oxygen atoms in total. The average molecular weight is 205 g/mol. The smallest absolute Gasteiger partial charge is 0.0505 e. The maximum atomic E-state index is 5.52. The highest BCUT2D eigenvalue weighted by Gasteiger charge is 2.16. The van der Waals surface area contributed by atoms with Gasteiger partial charge in [0.1, 0.15) is 0 Å². The quantitative estimate of drug-likeness (QED) is 0.764. The molecule has 1 rings (SSSR count).